The molecule has 8 heteroatoms. The van der Waals surface area contributed by atoms with E-state index in [0.29, 0.717) is 37.6 Å². The Morgan fingerprint density at radius 1 is 1.09 bits per heavy atom. The van der Waals surface area contributed by atoms with E-state index in [1.807, 2.05) is 54.6 Å². The van der Waals surface area contributed by atoms with Gasteiger partial charge in [-0.2, -0.15) is 5.10 Å². The Morgan fingerprint density at radius 3 is 2.41 bits per heavy atom. The van der Waals surface area contributed by atoms with E-state index in [9.17, 15) is 9.59 Å². The zero-order valence-corrected chi connectivity index (χ0v) is 18.3. The number of nitrogens with zero attached hydrogens (tertiary/aromatic N) is 3. The van der Waals surface area contributed by atoms with Crippen molar-refractivity contribution in [2.45, 2.75) is 31.7 Å². The number of carbonyl (C=O) groups excluding carboxylic acids is 2. The number of hydrogen-bond acceptors (Lipinski definition) is 5. The van der Waals surface area contributed by atoms with Gasteiger partial charge in [0.25, 0.3) is 0 Å². The quantitative estimate of drug-likeness (QED) is 0.623. The Bertz CT molecular complexity index is 1070. The number of piperidine rings is 1. The topological polar surface area (TPSA) is 100 Å². The molecule has 0 aliphatic carbocycles. The van der Waals surface area contributed by atoms with Crippen LogP contribution in [0.15, 0.2) is 54.6 Å². The van der Waals surface area contributed by atoms with Crippen LogP contribution in [-0.4, -0.2) is 52.1 Å². The van der Waals surface area contributed by atoms with Crippen molar-refractivity contribution in [1.29, 1.82) is 0 Å². The van der Waals surface area contributed by atoms with Crippen molar-refractivity contribution in [2.24, 2.45) is 0 Å². The number of likely N-dealkylation sites (tertiary alicyclic amines) is 1. The lowest BCUT2D eigenvalue weighted by molar-refractivity contribution is -0.135. The summed E-state index contributed by atoms with van der Waals surface area (Å²) in [5.41, 5.74) is 1.15. The van der Waals surface area contributed by atoms with Crippen molar-refractivity contribution in [3.8, 4) is 17.1 Å². The molecule has 4 rings (SSSR count). The molecule has 0 saturated carbocycles. The van der Waals surface area contributed by atoms with Crippen LogP contribution in [-0.2, 0) is 21.5 Å². The maximum atomic E-state index is 13.4. The first-order chi connectivity index (χ1) is 15.5. The highest BCUT2D eigenvalue weighted by Crippen LogP contribution is 2.36. The fourth-order valence-corrected chi connectivity index (χ4v) is 4.18. The van der Waals surface area contributed by atoms with E-state index in [1.54, 1.807) is 18.9 Å². The zero-order valence-electron chi connectivity index (χ0n) is 18.3. The highest BCUT2D eigenvalue weighted by molar-refractivity contribution is 5.88. The second-order valence-electron chi connectivity index (χ2n) is 7.97. The minimum atomic E-state index is -0.675. The number of carbonyl (C=O) groups is 2. The van der Waals surface area contributed by atoms with Crippen molar-refractivity contribution in [3.63, 3.8) is 0 Å². The summed E-state index contributed by atoms with van der Waals surface area (Å²) in [4.78, 5) is 31.5. The van der Waals surface area contributed by atoms with E-state index in [2.05, 4.69) is 20.5 Å². The summed E-state index contributed by atoms with van der Waals surface area (Å²) in [6.45, 7) is 2.93. The highest BCUT2D eigenvalue weighted by Gasteiger charge is 2.43. The lowest BCUT2D eigenvalue weighted by atomic mass is 9.72. The van der Waals surface area contributed by atoms with Crippen LogP contribution in [0.3, 0.4) is 0 Å². The molecule has 2 aromatic carbocycles. The van der Waals surface area contributed by atoms with Crippen molar-refractivity contribution >= 4 is 11.8 Å². The van der Waals surface area contributed by atoms with Gasteiger partial charge in [-0.3, -0.25) is 14.7 Å². The summed E-state index contributed by atoms with van der Waals surface area (Å²) in [6.07, 6.45) is 1.16. The predicted octanol–water partition coefficient (Wildman–Crippen LogP) is 2.68. The van der Waals surface area contributed by atoms with Gasteiger partial charge in [-0.15, -0.1) is 0 Å². The van der Waals surface area contributed by atoms with E-state index in [-0.39, 0.29) is 18.4 Å². The molecule has 0 bridgehead atoms. The third kappa shape index (κ3) is 4.34. The molecule has 2 N–H and O–H groups in total. The number of benzene rings is 2. The Kier molecular flexibility index (Phi) is 6.20. The number of hydrogen-bond donors (Lipinski definition) is 2. The van der Waals surface area contributed by atoms with Gasteiger partial charge in [-0.25, -0.2) is 4.98 Å². The largest absolute Gasteiger partial charge is 0.497 e. The SMILES string of the molecule is COc1ccc(-c2n[nH]c(CNC(=O)C3(c4ccccc4)CCN(C(C)=O)CC3)n2)cc1. The van der Waals surface area contributed by atoms with E-state index in [1.165, 1.54) is 0 Å². The molecule has 1 aliphatic rings. The fourth-order valence-electron chi connectivity index (χ4n) is 4.18. The molecule has 0 unspecified atom stereocenters. The summed E-state index contributed by atoms with van der Waals surface area (Å²) < 4.78 is 5.18. The maximum Gasteiger partial charge on any atom is 0.231 e. The summed E-state index contributed by atoms with van der Waals surface area (Å²) in [6, 6.07) is 17.3. The molecule has 32 heavy (non-hydrogen) atoms. The van der Waals surface area contributed by atoms with Gasteiger partial charge in [0, 0.05) is 25.6 Å². The van der Waals surface area contributed by atoms with Crippen molar-refractivity contribution < 1.29 is 14.3 Å². The minimum absolute atomic E-state index is 0.0415. The van der Waals surface area contributed by atoms with E-state index in [4.69, 9.17) is 4.74 Å². The molecule has 1 saturated heterocycles. The van der Waals surface area contributed by atoms with Crippen molar-refractivity contribution in [1.82, 2.24) is 25.4 Å². The van der Waals surface area contributed by atoms with Gasteiger partial charge in [0.05, 0.1) is 19.1 Å². The van der Waals surface area contributed by atoms with Gasteiger partial charge < -0.3 is 15.0 Å². The molecular weight excluding hydrogens is 406 g/mol. The Morgan fingerprint density at radius 2 is 1.78 bits per heavy atom. The summed E-state index contributed by atoms with van der Waals surface area (Å²) >= 11 is 0. The second kappa shape index (κ2) is 9.21. The van der Waals surface area contributed by atoms with E-state index >= 15 is 0 Å². The van der Waals surface area contributed by atoms with Crippen molar-refractivity contribution in [3.05, 3.63) is 66.0 Å². The van der Waals surface area contributed by atoms with Crippen LogP contribution in [0.25, 0.3) is 11.4 Å². The van der Waals surface area contributed by atoms with Gasteiger partial charge in [-0.05, 0) is 42.7 Å². The van der Waals surface area contributed by atoms with E-state index in [0.717, 1.165) is 16.9 Å². The number of methoxy groups -OCH3 is 1. The molecule has 1 aromatic heterocycles. The number of H-pyrrole nitrogens is 1. The van der Waals surface area contributed by atoms with Crippen LogP contribution >= 0.6 is 0 Å². The summed E-state index contributed by atoms with van der Waals surface area (Å²) in [5.74, 6) is 1.88. The Labute approximate surface area is 187 Å². The first kappa shape index (κ1) is 21.5. The molecule has 0 radical (unpaired) electrons. The Hall–Kier alpha value is -3.68. The molecule has 2 amide bonds. The molecule has 0 spiro atoms. The molecule has 2 heterocycles. The van der Waals surface area contributed by atoms with Crippen LogP contribution in [0.5, 0.6) is 5.75 Å². The number of rotatable bonds is 6. The molecule has 8 nitrogen and oxygen atoms in total. The molecule has 166 valence electrons. The minimum Gasteiger partial charge on any atom is -0.497 e. The average molecular weight is 434 g/mol. The lowest BCUT2D eigenvalue weighted by Crippen LogP contribution is -2.52. The monoisotopic (exact) mass is 433 g/mol. The van der Waals surface area contributed by atoms with Crippen LogP contribution < -0.4 is 10.1 Å². The maximum absolute atomic E-state index is 13.4. The van der Waals surface area contributed by atoms with Crippen LogP contribution in [0.4, 0.5) is 0 Å². The van der Waals surface area contributed by atoms with Crippen LogP contribution in [0.2, 0.25) is 0 Å². The third-order valence-electron chi connectivity index (χ3n) is 6.12. The van der Waals surface area contributed by atoms with Gasteiger partial charge >= 0.3 is 0 Å². The molecular formula is C24H27N5O3. The highest BCUT2D eigenvalue weighted by atomic mass is 16.5. The first-order valence-corrected chi connectivity index (χ1v) is 10.7. The van der Waals surface area contributed by atoms with Crippen molar-refractivity contribution in [2.75, 3.05) is 20.2 Å². The molecule has 1 aliphatic heterocycles. The molecule has 3 aromatic rings. The van der Waals surface area contributed by atoms with Gasteiger partial charge in [0.1, 0.15) is 11.6 Å². The van der Waals surface area contributed by atoms with Gasteiger partial charge in [-0.1, -0.05) is 30.3 Å². The Balaban J connectivity index is 1.47. The number of aromatic amines is 1. The molecule has 0 atom stereocenters. The zero-order chi connectivity index (χ0) is 22.6. The van der Waals surface area contributed by atoms with Gasteiger partial charge in [0.15, 0.2) is 5.82 Å². The first-order valence-electron chi connectivity index (χ1n) is 10.7. The fraction of sp³-hybridized carbons (Fsp3) is 0.333. The molecule has 1 fully saturated rings. The number of nitrogens with one attached hydrogen (secondary N) is 2. The van der Waals surface area contributed by atoms with E-state index < -0.39 is 5.41 Å². The smallest absolute Gasteiger partial charge is 0.231 e. The van der Waals surface area contributed by atoms with Crippen LogP contribution in [0, 0.1) is 0 Å². The third-order valence-corrected chi connectivity index (χ3v) is 6.12. The number of ether oxygens (including phenoxy) is 1. The normalized spacial score (nSPS) is 15.2. The number of amides is 2. The van der Waals surface area contributed by atoms with Gasteiger partial charge in [0.2, 0.25) is 11.8 Å². The predicted molar refractivity (Wildman–Crippen MR) is 120 cm³/mol. The average Bonchev–Trinajstić information content (AvgIpc) is 3.32. The standard InChI is InChI=1S/C24H27N5O3/c1-17(30)29-14-12-24(13-15-29,19-6-4-3-5-7-19)23(31)25-16-21-26-22(28-27-21)18-8-10-20(32-2)11-9-18/h3-11H,12-16H2,1-2H3,(H,25,31)(H,26,27,28). The second-order valence-corrected chi connectivity index (χ2v) is 7.97. The lowest BCUT2D eigenvalue weighted by Gasteiger charge is -2.40. The van der Waals surface area contributed by atoms with Crippen LogP contribution in [0.1, 0.15) is 31.2 Å². The summed E-state index contributed by atoms with van der Waals surface area (Å²) in [7, 11) is 1.62. The number of aromatic nitrogens is 3. The summed E-state index contributed by atoms with van der Waals surface area (Å²) in [5, 5.41) is 10.2.